The molecule has 0 amide bonds. The topological polar surface area (TPSA) is 50.4 Å². The van der Waals surface area contributed by atoms with Gasteiger partial charge in [0.15, 0.2) is 0 Å². The van der Waals surface area contributed by atoms with Crippen LogP contribution in [0.1, 0.15) is 13.3 Å². The number of nitrogens with two attached hydrogens (primary N) is 1. The van der Waals surface area contributed by atoms with E-state index in [9.17, 15) is 0 Å². The molecule has 9 heavy (non-hydrogen) atoms. The van der Waals surface area contributed by atoms with Crippen molar-refractivity contribution in [1.29, 1.82) is 0 Å². The molecule has 0 unspecified atom stereocenters. The first kappa shape index (κ1) is 8.43. The first-order valence-electron chi connectivity index (χ1n) is 3.23. The van der Waals surface area contributed by atoms with Gasteiger partial charge in [0.25, 0.3) is 0 Å². The second kappa shape index (κ2) is 5.56. The molecule has 3 nitrogen and oxygen atoms in total. The predicted molar refractivity (Wildman–Crippen MR) is 40.7 cm³/mol. The second-order valence-corrected chi connectivity index (χ2v) is 1.89. The molecule has 0 saturated carbocycles. The average Bonchev–Trinajstić information content (AvgIpc) is 1.89. The van der Waals surface area contributed by atoms with Gasteiger partial charge in [-0.3, -0.25) is 4.99 Å². The van der Waals surface area contributed by atoms with Crippen molar-refractivity contribution in [3.8, 4) is 0 Å². The molecule has 0 aromatic rings. The average molecular weight is 129 g/mol. The first-order chi connectivity index (χ1) is 4.31. The van der Waals surface area contributed by atoms with Crippen LogP contribution in [0.4, 0.5) is 0 Å². The minimum atomic E-state index is 0.670. The summed E-state index contributed by atoms with van der Waals surface area (Å²) >= 11 is 0. The third kappa shape index (κ3) is 5.30. The van der Waals surface area contributed by atoms with Gasteiger partial charge in [0.1, 0.15) is 5.84 Å². The fourth-order valence-corrected chi connectivity index (χ4v) is 0.472. The molecule has 0 saturated heterocycles. The first-order valence-corrected chi connectivity index (χ1v) is 3.23. The lowest BCUT2D eigenvalue weighted by atomic mass is 10.4. The van der Waals surface area contributed by atoms with Crippen molar-refractivity contribution in [3.05, 3.63) is 0 Å². The molecular weight excluding hydrogens is 114 g/mol. The van der Waals surface area contributed by atoms with Crippen LogP contribution in [0.15, 0.2) is 4.99 Å². The molecule has 0 rings (SSSR count). The molecule has 0 radical (unpaired) electrons. The van der Waals surface area contributed by atoms with E-state index in [-0.39, 0.29) is 0 Å². The van der Waals surface area contributed by atoms with Crippen molar-refractivity contribution in [2.75, 3.05) is 20.1 Å². The predicted octanol–water partition coefficient (Wildman–Crippen LogP) is -0.0270. The maximum Gasteiger partial charge on any atom is 0.107 e. The van der Waals surface area contributed by atoms with Gasteiger partial charge in [-0.25, -0.2) is 0 Å². The third-order valence-electron chi connectivity index (χ3n) is 1.02. The van der Waals surface area contributed by atoms with Gasteiger partial charge < -0.3 is 11.1 Å². The maximum atomic E-state index is 5.40. The van der Waals surface area contributed by atoms with Crippen LogP contribution in [0.3, 0.4) is 0 Å². The van der Waals surface area contributed by atoms with E-state index in [4.69, 9.17) is 5.73 Å². The molecule has 0 aliphatic carbocycles. The smallest absolute Gasteiger partial charge is 0.107 e. The number of amidine groups is 1. The Morgan fingerprint density at radius 2 is 2.33 bits per heavy atom. The molecule has 3 heteroatoms. The number of rotatable bonds is 4. The molecule has 0 bridgehead atoms. The van der Waals surface area contributed by atoms with Crippen molar-refractivity contribution in [3.63, 3.8) is 0 Å². The Labute approximate surface area is 56.3 Å². The van der Waals surface area contributed by atoms with Crippen LogP contribution in [0, 0.1) is 0 Å². The van der Waals surface area contributed by atoms with Gasteiger partial charge in [0, 0.05) is 7.05 Å². The Hall–Kier alpha value is -0.570. The van der Waals surface area contributed by atoms with Crippen molar-refractivity contribution >= 4 is 5.84 Å². The Bertz CT molecular complexity index is 88.3. The van der Waals surface area contributed by atoms with Crippen molar-refractivity contribution in [2.24, 2.45) is 10.7 Å². The van der Waals surface area contributed by atoms with E-state index < -0.39 is 0 Å². The van der Waals surface area contributed by atoms with Crippen molar-refractivity contribution < 1.29 is 0 Å². The highest BCUT2D eigenvalue weighted by atomic mass is 14.9. The summed E-state index contributed by atoms with van der Waals surface area (Å²) in [5.41, 5.74) is 5.40. The molecule has 0 aromatic heterocycles. The van der Waals surface area contributed by atoms with Crippen LogP contribution in [-0.4, -0.2) is 26.0 Å². The molecule has 0 heterocycles. The number of aliphatic imine (C=N–C) groups is 1. The zero-order valence-electron chi connectivity index (χ0n) is 6.15. The van der Waals surface area contributed by atoms with Gasteiger partial charge in [0.05, 0.1) is 6.54 Å². The molecule has 0 aliphatic rings. The quantitative estimate of drug-likeness (QED) is 0.318. The molecule has 0 fully saturated rings. The lowest BCUT2D eigenvalue weighted by molar-refractivity contribution is 0.739. The van der Waals surface area contributed by atoms with Gasteiger partial charge in [-0.2, -0.15) is 0 Å². The Morgan fingerprint density at radius 1 is 1.67 bits per heavy atom. The van der Waals surface area contributed by atoms with E-state index in [1.165, 1.54) is 0 Å². The lowest BCUT2D eigenvalue weighted by Crippen LogP contribution is -2.29. The van der Waals surface area contributed by atoms with Gasteiger partial charge in [-0.05, 0) is 13.0 Å². The van der Waals surface area contributed by atoms with Crippen LogP contribution in [-0.2, 0) is 0 Å². The standard InChI is InChI=1S/C6H15N3/c1-3-4-9-5-6(7)8-2/h9H,3-5H2,1-2H3,(H2,7,8). The van der Waals surface area contributed by atoms with Gasteiger partial charge in [-0.1, -0.05) is 6.92 Å². The van der Waals surface area contributed by atoms with E-state index in [0.29, 0.717) is 12.4 Å². The van der Waals surface area contributed by atoms with Crippen LogP contribution < -0.4 is 11.1 Å². The van der Waals surface area contributed by atoms with E-state index in [0.717, 1.165) is 13.0 Å². The van der Waals surface area contributed by atoms with E-state index in [1.54, 1.807) is 7.05 Å². The highest BCUT2D eigenvalue weighted by Gasteiger charge is 1.86. The summed E-state index contributed by atoms with van der Waals surface area (Å²) in [6.45, 7) is 3.84. The van der Waals surface area contributed by atoms with Gasteiger partial charge in [0.2, 0.25) is 0 Å². The van der Waals surface area contributed by atoms with E-state index in [2.05, 4.69) is 17.2 Å². The summed E-state index contributed by atoms with van der Waals surface area (Å²) in [5, 5.41) is 3.13. The van der Waals surface area contributed by atoms with Crippen LogP contribution in [0.2, 0.25) is 0 Å². The molecule has 0 aliphatic heterocycles. The molecule has 54 valence electrons. The van der Waals surface area contributed by atoms with E-state index in [1.807, 2.05) is 0 Å². The summed E-state index contributed by atoms with van der Waals surface area (Å²) in [5.74, 6) is 0.670. The number of nitrogens with zero attached hydrogens (tertiary/aromatic N) is 1. The van der Waals surface area contributed by atoms with Crippen LogP contribution >= 0.6 is 0 Å². The lowest BCUT2D eigenvalue weighted by Gasteiger charge is -1.99. The largest absolute Gasteiger partial charge is 0.386 e. The Balaban J connectivity index is 3.07. The molecule has 0 spiro atoms. The van der Waals surface area contributed by atoms with Crippen molar-refractivity contribution in [1.82, 2.24) is 5.32 Å². The van der Waals surface area contributed by atoms with E-state index >= 15 is 0 Å². The summed E-state index contributed by atoms with van der Waals surface area (Å²) in [6, 6.07) is 0. The SMILES string of the molecule is CCCNCC(N)=NC. The highest BCUT2D eigenvalue weighted by Crippen LogP contribution is 1.68. The summed E-state index contributed by atoms with van der Waals surface area (Å²) in [4.78, 5) is 3.79. The third-order valence-corrected chi connectivity index (χ3v) is 1.02. The molecular formula is C6H15N3. The van der Waals surface area contributed by atoms with Crippen LogP contribution in [0.25, 0.3) is 0 Å². The normalized spacial score (nSPS) is 12.0. The van der Waals surface area contributed by atoms with Gasteiger partial charge >= 0.3 is 0 Å². The summed E-state index contributed by atoms with van der Waals surface area (Å²) < 4.78 is 0. The van der Waals surface area contributed by atoms with Gasteiger partial charge in [-0.15, -0.1) is 0 Å². The number of nitrogens with one attached hydrogen (secondary N) is 1. The fourth-order valence-electron chi connectivity index (χ4n) is 0.472. The Morgan fingerprint density at radius 3 is 2.78 bits per heavy atom. The second-order valence-electron chi connectivity index (χ2n) is 1.89. The van der Waals surface area contributed by atoms with Crippen LogP contribution in [0.5, 0.6) is 0 Å². The maximum absolute atomic E-state index is 5.40. The molecule has 3 N–H and O–H groups in total. The zero-order valence-corrected chi connectivity index (χ0v) is 6.15. The highest BCUT2D eigenvalue weighted by molar-refractivity contribution is 5.82. The minimum Gasteiger partial charge on any atom is -0.386 e. The summed E-state index contributed by atoms with van der Waals surface area (Å²) in [6.07, 6.45) is 1.14. The summed E-state index contributed by atoms with van der Waals surface area (Å²) in [7, 11) is 1.70. The number of hydrogen-bond donors (Lipinski definition) is 2. The Kier molecular flexibility index (Phi) is 5.21. The number of hydrogen-bond acceptors (Lipinski definition) is 2. The fraction of sp³-hybridized carbons (Fsp3) is 0.833. The van der Waals surface area contributed by atoms with Crippen molar-refractivity contribution in [2.45, 2.75) is 13.3 Å². The molecule has 0 aromatic carbocycles. The zero-order chi connectivity index (χ0) is 7.11. The minimum absolute atomic E-state index is 0.670. The monoisotopic (exact) mass is 129 g/mol. The molecule has 0 atom stereocenters.